The summed E-state index contributed by atoms with van der Waals surface area (Å²) in [4.78, 5) is 43.1. The average molecular weight is 479 g/mol. The molecule has 0 spiro atoms. The van der Waals surface area contributed by atoms with Gasteiger partial charge < -0.3 is 19.9 Å². The van der Waals surface area contributed by atoms with Crippen molar-refractivity contribution < 1.29 is 18.8 Å². The molecule has 1 atom stereocenters. The quantitative estimate of drug-likeness (QED) is 0.434. The van der Waals surface area contributed by atoms with Crippen molar-refractivity contribution in [2.24, 2.45) is 16.1 Å². The molecular formula is C23H25N7O5. The average Bonchev–Trinajstić information content (AvgIpc) is 3.32. The van der Waals surface area contributed by atoms with Gasteiger partial charge in [0.1, 0.15) is 0 Å². The molecule has 35 heavy (non-hydrogen) atoms. The Morgan fingerprint density at radius 2 is 2.09 bits per heavy atom. The lowest BCUT2D eigenvalue weighted by molar-refractivity contribution is -0.121. The number of H-pyrrole nitrogens is 1. The number of aromatic nitrogens is 3. The molecule has 0 radical (unpaired) electrons. The van der Waals surface area contributed by atoms with Gasteiger partial charge in [-0.15, -0.1) is 10.2 Å². The normalized spacial score (nSPS) is 16.4. The summed E-state index contributed by atoms with van der Waals surface area (Å²) in [7, 11) is 1.46. The highest BCUT2D eigenvalue weighted by atomic mass is 16.5. The maximum atomic E-state index is 12.3. The molecule has 0 saturated heterocycles. The monoisotopic (exact) mass is 479 g/mol. The summed E-state index contributed by atoms with van der Waals surface area (Å²) in [6.07, 6.45) is 8.37. The standard InChI is InChI=1S/C23H25N7O5/c1-13-12-18(34-2)27-23(33)19(13)21-26-17(35-30-21)9-8-16(31)24-10-5-11-25-20-14-6-3-4-7-15(14)22(32)29-28-20/h3-4,6-7,12,15,25H,5,8-11H2,1-2H3,(H,24,31)(H,27,33). The van der Waals surface area contributed by atoms with E-state index >= 15 is 0 Å². The first-order chi connectivity index (χ1) is 17.0. The van der Waals surface area contributed by atoms with Crippen molar-refractivity contribution in [1.29, 1.82) is 0 Å². The molecule has 0 aromatic carbocycles. The van der Waals surface area contributed by atoms with Crippen molar-refractivity contribution in [3.05, 3.63) is 63.6 Å². The number of pyridine rings is 1. The molecule has 3 heterocycles. The molecule has 2 amide bonds. The minimum Gasteiger partial charge on any atom is -0.482 e. The van der Waals surface area contributed by atoms with Crippen molar-refractivity contribution in [3.8, 4) is 17.3 Å². The van der Waals surface area contributed by atoms with Gasteiger partial charge in [0.05, 0.1) is 18.6 Å². The van der Waals surface area contributed by atoms with Gasteiger partial charge >= 0.3 is 0 Å². The highest BCUT2D eigenvalue weighted by Gasteiger charge is 2.27. The fraction of sp³-hybridized carbons (Fsp3) is 0.348. The molecule has 0 saturated carbocycles. The molecule has 4 rings (SSSR count). The number of aryl methyl sites for hydroxylation is 2. The number of azo groups is 1. The number of allylic oxidation sites excluding steroid dienone is 3. The predicted molar refractivity (Wildman–Crippen MR) is 124 cm³/mol. The zero-order chi connectivity index (χ0) is 24.8. The van der Waals surface area contributed by atoms with E-state index in [1.54, 1.807) is 19.1 Å². The van der Waals surface area contributed by atoms with Gasteiger partial charge in [0.25, 0.3) is 11.5 Å². The van der Waals surface area contributed by atoms with E-state index in [1.165, 1.54) is 7.11 Å². The van der Waals surface area contributed by atoms with Crippen LogP contribution in [0.1, 0.15) is 24.3 Å². The molecule has 2 aromatic rings. The summed E-state index contributed by atoms with van der Waals surface area (Å²) in [6.45, 7) is 2.76. The first-order valence-electron chi connectivity index (χ1n) is 11.1. The van der Waals surface area contributed by atoms with Gasteiger partial charge in [0.2, 0.25) is 17.6 Å². The van der Waals surface area contributed by atoms with Crippen LogP contribution in [0.15, 0.2) is 61.3 Å². The van der Waals surface area contributed by atoms with Crippen LogP contribution in [0.5, 0.6) is 5.88 Å². The second-order valence-corrected chi connectivity index (χ2v) is 7.93. The number of methoxy groups -OCH3 is 1. The van der Waals surface area contributed by atoms with E-state index in [9.17, 15) is 14.4 Å². The SMILES string of the molecule is COc1cc(C)c(-c2noc(CCC(=O)NCCCNC3=C4C=CC=CC4C(=O)N=N3)n2)c(=O)[nH]1. The maximum absolute atomic E-state index is 12.3. The number of nitrogens with zero attached hydrogens (tertiary/aromatic N) is 4. The van der Waals surface area contributed by atoms with Crippen molar-refractivity contribution in [2.75, 3.05) is 20.2 Å². The lowest BCUT2D eigenvalue weighted by Gasteiger charge is -2.20. The Balaban J connectivity index is 1.21. The summed E-state index contributed by atoms with van der Waals surface area (Å²) in [5.41, 5.74) is 1.35. The zero-order valence-corrected chi connectivity index (χ0v) is 19.3. The number of fused-ring (bicyclic) bond motifs is 1. The first-order valence-corrected chi connectivity index (χ1v) is 11.1. The van der Waals surface area contributed by atoms with Crippen LogP contribution in [0.4, 0.5) is 0 Å². The van der Waals surface area contributed by atoms with Gasteiger partial charge in [0, 0.05) is 37.6 Å². The number of amides is 2. The van der Waals surface area contributed by atoms with E-state index in [0.29, 0.717) is 42.3 Å². The van der Waals surface area contributed by atoms with Crippen LogP contribution in [0.3, 0.4) is 0 Å². The molecule has 0 bridgehead atoms. The molecule has 182 valence electrons. The van der Waals surface area contributed by atoms with Crippen LogP contribution in [0, 0.1) is 12.8 Å². The van der Waals surface area contributed by atoms with Gasteiger partial charge in [-0.2, -0.15) is 4.98 Å². The third-order valence-electron chi connectivity index (χ3n) is 5.47. The second-order valence-electron chi connectivity index (χ2n) is 7.93. The molecule has 12 heteroatoms. The number of rotatable bonds is 10. The fourth-order valence-corrected chi connectivity index (χ4v) is 3.68. The van der Waals surface area contributed by atoms with Gasteiger partial charge in [0.15, 0.2) is 11.7 Å². The first kappa shape index (κ1) is 23.8. The lowest BCUT2D eigenvalue weighted by Crippen LogP contribution is -2.28. The van der Waals surface area contributed by atoms with E-state index in [-0.39, 0.29) is 41.9 Å². The molecule has 2 aliphatic rings. The molecule has 0 fully saturated rings. The third-order valence-corrected chi connectivity index (χ3v) is 5.47. The largest absolute Gasteiger partial charge is 0.482 e. The van der Waals surface area contributed by atoms with Gasteiger partial charge in [-0.3, -0.25) is 19.4 Å². The predicted octanol–water partition coefficient (Wildman–Crippen LogP) is 1.72. The van der Waals surface area contributed by atoms with Crippen LogP contribution in [-0.2, 0) is 16.0 Å². The number of ether oxygens (including phenoxy) is 1. The van der Waals surface area contributed by atoms with Crippen molar-refractivity contribution >= 4 is 11.8 Å². The van der Waals surface area contributed by atoms with Gasteiger partial charge in [-0.1, -0.05) is 29.5 Å². The number of hydrogen-bond acceptors (Lipinski definition) is 9. The van der Waals surface area contributed by atoms with E-state index in [1.807, 2.05) is 18.2 Å². The van der Waals surface area contributed by atoms with Crippen LogP contribution < -0.4 is 20.9 Å². The number of aromatic amines is 1. The minimum atomic E-state index is -0.392. The number of hydrogen-bond donors (Lipinski definition) is 3. The second kappa shape index (κ2) is 10.7. The number of carbonyl (C=O) groups excluding carboxylic acids is 2. The number of carbonyl (C=O) groups is 2. The molecule has 1 unspecified atom stereocenters. The van der Waals surface area contributed by atoms with E-state index in [2.05, 4.69) is 36.0 Å². The van der Waals surface area contributed by atoms with Gasteiger partial charge in [-0.05, 0) is 18.9 Å². The fourth-order valence-electron chi connectivity index (χ4n) is 3.68. The highest BCUT2D eigenvalue weighted by Crippen LogP contribution is 2.27. The van der Waals surface area contributed by atoms with Crippen LogP contribution in [0.2, 0.25) is 0 Å². The Kier molecular flexibility index (Phi) is 7.29. The Bertz CT molecular complexity index is 1300. The maximum Gasteiger partial charge on any atom is 0.276 e. The summed E-state index contributed by atoms with van der Waals surface area (Å²) in [5.74, 6) is 0.508. The summed E-state index contributed by atoms with van der Waals surface area (Å²) < 4.78 is 10.2. The lowest BCUT2D eigenvalue weighted by atomic mass is 9.93. The zero-order valence-electron chi connectivity index (χ0n) is 19.3. The third kappa shape index (κ3) is 5.60. The van der Waals surface area contributed by atoms with Crippen molar-refractivity contribution in [2.45, 2.75) is 26.2 Å². The number of nitrogens with one attached hydrogen (secondary N) is 3. The van der Waals surface area contributed by atoms with Crippen LogP contribution >= 0.6 is 0 Å². The highest BCUT2D eigenvalue weighted by molar-refractivity contribution is 5.86. The Morgan fingerprint density at radius 1 is 1.23 bits per heavy atom. The van der Waals surface area contributed by atoms with Gasteiger partial charge in [-0.25, -0.2) is 0 Å². The van der Waals surface area contributed by atoms with Crippen molar-refractivity contribution in [1.82, 2.24) is 25.8 Å². The molecule has 12 nitrogen and oxygen atoms in total. The Labute approximate surface area is 200 Å². The Morgan fingerprint density at radius 3 is 2.89 bits per heavy atom. The summed E-state index contributed by atoms with van der Waals surface area (Å²) in [5, 5.41) is 17.5. The van der Waals surface area contributed by atoms with Crippen molar-refractivity contribution in [3.63, 3.8) is 0 Å². The molecular weight excluding hydrogens is 454 g/mol. The summed E-state index contributed by atoms with van der Waals surface area (Å²) in [6, 6.07) is 1.67. The molecule has 3 N–H and O–H groups in total. The molecule has 1 aliphatic carbocycles. The minimum absolute atomic E-state index is 0.159. The van der Waals surface area contributed by atoms with E-state index in [4.69, 9.17) is 9.26 Å². The van der Waals surface area contributed by atoms with E-state index in [0.717, 1.165) is 5.57 Å². The Hall–Kier alpha value is -4.35. The molecule has 2 aromatic heterocycles. The molecule has 1 aliphatic heterocycles. The van der Waals surface area contributed by atoms with E-state index < -0.39 is 5.92 Å². The van der Waals surface area contributed by atoms with Crippen LogP contribution in [-0.4, -0.2) is 47.1 Å². The topological polar surface area (TPSA) is 164 Å². The summed E-state index contributed by atoms with van der Waals surface area (Å²) >= 11 is 0. The smallest absolute Gasteiger partial charge is 0.276 e. The van der Waals surface area contributed by atoms with Crippen LogP contribution in [0.25, 0.3) is 11.4 Å².